The summed E-state index contributed by atoms with van der Waals surface area (Å²) in [5.74, 6) is 0.173. The highest BCUT2D eigenvalue weighted by molar-refractivity contribution is 6.02. The number of aromatic nitrogens is 4. The molecule has 1 amide bonds. The van der Waals surface area contributed by atoms with Crippen LogP contribution in [0.25, 0.3) is 16.9 Å². The summed E-state index contributed by atoms with van der Waals surface area (Å²) in [6, 6.07) is 7.01. The number of nitrogens with one attached hydrogen (secondary N) is 2. The van der Waals surface area contributed by atoms with Crippen molar-refractivity contribution in [2.45, 2.75) is 19.0 Å². The van der Waals surface area contributed by atoms with Gasteiger partial charge in [-0.25, -0.2) is 14.3 Å². The van der Waals surface area contributed by atoms with Gasteiger partial charge in [0.25, 0.3) is 5.91 Å². The van der Waals surface area contributed by atoms with Gasteiger partial charge >= 0.3 is 5.69 Å². The number of amides is 1. The first-order chi connectivity index (χ1) is 13.5. The van der Waals surface area contributed by atoms with Crippen LogP contribution in [0.4, 0.5) is 5.95 Å². The average Bonchev–Trinajstić information content (AvgIpc) is 3.33. The molecule has 0 radical (unpaired) electrons. The molecule has 4 N–H and O–H groups in total. The van der Waals surface area contributed by atoms with Crippen LogP contribution in [0.15, 0.2) is 29.1 Å². The number of benzene rings is 1. The highest BCUT2D eigenvalue weighted by Gasteiger charge is 2.25. The van der Waals surface area contributed by atoms with E-state index in [9.17, 15) is 9.59 Å². The highest BCUT2D eigenvalue weighted by Crippen LogP contribution is 2.23. The van der Waals surface area contributed by atoms with E-state index in [1.54, 1.807) is 31.4 Å². The van der Waals surface area contributed by atoms with Crippen LogP contribution in [0, 0.1) is 0 Å². The molecule has 0 aliphatic carbocycles. The van der Waals surface area contributed by atoms with Crippen molar-refractivity contribution in [3.8, 4) is 11.4 Å². The zero-order valence-corrected chi connectivity index (χ0v) is 15.6. The minimum Gasteiger partial charge on any atom is -0.497 e. The number of aromatic amines is 1. The lowest BCUT2D eigenvalue weighted by Gasteiger charge is -2.24. The predicted octanol–water partition coefficient (Wildman–Crippen LogP) is 0.362. The van der Waals surface area contributed by atoms with E-state index in [1.807, 2.05) is 11.9 Å². The molecule has 0 unspecified atom stereocenters. The number of ether oxygens (including phenoxy) is 1. The standard InChI is InChI=1S/C18H21N7O3/c1-24(12-7-4-8-20-12)17-21-13(15(19)26)14-16(23-17)25(18(27)22-14)10-5-3-6-11(9-10)28-2/h3,5-6,9,12,20H,4,7-8H2,1-2H3,(H2,19,26)(H,22,27)/t12-/m0/s1. The van der Waals surface area contributed by atoms with E-state index in [-0.39, 0.29) is 23.0 Å². The number of nitrogens with two attached hydrogens (primary N) is 1. The quantitative estimate of drug-likeness (QED) is 0.580. The number of imidazole rings is 1. The zero-order chi connectivity index (χ0) is 19.8. The Hall–Kier alpha value is -3.40. The highest BCUT2D eigenvalue weighted by atomic mass is 16.5. The monoisotopic (exact) mass is 383 g/mol. The number of fused-ring (bicyclic) bond motifs is 1. The molecule has 0 saturated carbocycles. The Balaban J connectivity index is 1.94. The van der Waals surface area contributed by atoms with Crippen molar-refractivity contribution in [2.75, 3.05) is 25.6 Å². The summed E-state index contributed by atoms with van der Waals surface area (Å²) in [6.07, 6.45) is 2.02. The first kappa shape index (κ1) is 18.0. The molecule has 28 heavy (non-hydrogen) atoms. The van der Waals surface area contributed by atoms with E-state index in [2.05, 4.69) is 20.3 Å². The Bertz CT molecular complexity index is 1100. The van der Waals surface area contributed by atoms with Crippen molar-refractivity contribution < 1.29 is 9.53 Å². The van der Waals surface area contributed by atoms with Gasteiger partial charge in [0.1, 0.15) is 11.3 Å². The predicted molar refractivity (Wildman–Crippen MR) is 104 cm³/mol. The molecular formula is C18H21N7O3. The first-order valence-corrected chi connectivity index (χ1v) is 8.93. The Morgan fingerprint density at radius 3 is 2.89 bits per heavy atom. The molecule has 1 aromatic carbocycles. The third-order valence-electron chi connectivity index (χ3n) is 4.89. The van der Waals surface area contributed by atoms with Crippen molar-refractivity contribution in [3.05, 3.63) is 40.4 Å². The van der Waals surface area contributed by atoms with Crippen LogP contribution in [0.5, 0.6) is 5.75 Å². The summed E-state index contributed by atoms with van der Waals surface area (Å²) in [5, 5.41) is 3.36. The fourth-order valence-corrected chi connectivity index (χ4v) is 3.43. The molecule has 10 nitrogen and oxygen atoms in total. The summed E-state index contributed by atoms with van der Waals surface area (Å²) in [7, 11) is 3.39. The molecule has 1 aliphatic heterocycles. The van der Waals surface area contributed by atoms with Gasteiger partial charge in [0.05, 0.1) is 19.0 Å². The van der Waals surface area contributed by atoms with Crippen LogP contribution in [0.2, 0.25) is 0 Å². The van der Waals surface area contributed by atoms with Gasteiger partial charge in [-0.15, -0.1) is 0 Å². The van der Waals surface area contributed by atoms with Gasteiger partial charge in [0.2, 0.25) is 5.95 Å². The van der Waals surface area contributed by atoms with E-state index in [0.717, 1.165) is 19.4 Å². The lowest BCUT2D eigenvalue weighted by atomic mass is 10.3. The van der Waals surface area contributed by atoms with Gasteiger partial charge in [0, 0.05) is 13.1 Å². The fourth-order valence-electron chi connectivity index (χ4n) is 3.43. The molecule has 0 spiro atoms. The van der Waals surface area contributed by atoms with Gasteiger partial charge in [-0.1, -0.05) is 6.07 Å². The van der Waals surface area contributed by atoms with Crippen molar-refractivity contribution in [2.24, 2.45) is 5.73 Å². The van der Waals surface area contributed by atoms with E-state index in [4.69, 9.17) is 10.5 Å². The van der Waals surface area contributed by atoms with Crippen LogP contribution in [-0.2, 0) is 0 Å². The van der Waals surface area contributed by atoms with Crippen molar-refractivity contribution in [3.63, 3.8) is 0 Å². The van der Waals surface area contributed by atoms with Gasteiger partial charge < -0.3 is 20.4 Å². The van der Waals surface area contributed by atoms with Crippen LogP contribution in [0.1, 0.15) is 23.3 Å². The van der Waals surface area contributed by atoms with Crippen LogP contribution in [-0.4, -0.2) is 52.3 Å². The van der Waals surface area contributed by atoms with Crippen LogP contribution < -0.4 is 26.4 Å². The van der Waals surface area contributed by atoms with Gasteiger partial charge in [-0.05, 0) is 31.5 Å². The number of carbonyl (C=O) groups is 1. The molecule has 3 aromatic rings. The smallest absolute Gasteiger partial charge is 0.332 e. The summed E-state index contributed by atoms with van der Waals surface area (Å²) in [5.41, 5.74) is 6.10. The number of hydrogen-bond acceptors (Lipinski definition) is 7. The number of methoxy groups -OCH3 is 1. The number of primary amides is 1. The second-order valence-corrected chi connectivity index (χ2v) is 6.63. The maximum absolute atomic E-state index is 12.7. The Morgan fingerprint density at radius 1 is 1.39 bits per heavy atom. The lowest BCUT2D eigenvalue weighted by molar-refractivity contribution is 0.0997. The SMILES string of the molecule is COc1cccc(-n2c(=O)[nH]c3c(C(N)=O)nc(N(C)[C@H]4CCCN4)nc32)c1. The summed E-state index contributed by atoms with van der Waals surface area (Å²) in [4.78, 5) is 38.1. The largest absolute Gasteiger partial charge is 0.497 e. The minimum absolute atomic E-state index is 0.0245. The number of anilines is 1. The normalized spacial score (nSPS) is 16.4. The Labute approximate surface area is 160 Å². The van der Waals surface area contributed by atoms with E-state index in [1.165, 1.54) is 4.57 Å². The Morgan fingerprint density at radius 2 is 2.21 bits per heavy atom. The molecule has 0 bridgehead atoms. The average molecular weight is 383 g/mol. The van der Waals surface area contributed by atoms with Crippen LogP contribution in [0.3, 0.4) is 0 Å². The second kappa shape index (κ2) is 6.97. The molecule has 1 fully saturated rings. The minimum atomic E-state index is -0.736. The van der Waals surface area contributed by atoms with E-state index < -0.39 is 11.6 Å². The fraction of sp³-hybridized carbons (Fsp3) is 0.333. The third kappa shape index (κ3) is 2.97. The molecule has 146 valence electrons. The molecule has 1 atom stereocenters. The van der Waals surface area contributed by atoms with Gasteiger partial charge in [-0.3, -0.25) is 10.1 Å². The molecule has 1 saturated heterocycles. The summed E-state index contributed by atoms with van der Waals surface area (Å²) < 4.78 is 6.63. The maximum atomic E-state index is 12.7. The molecular weight excluding hydrogens is 362 g/mol. The molecule has 1 aliphatic rings. The topological polar surface area (TPSA) is 131 Å². The van der Waals surface area contributed by atoms with Gasteiger partial charge in [0.15, 0.2) is 11.3 Å². The number of carbonyl (C=O) groups excluding carboxylic acids is 1. The van der Waals surface area contributed by atoms with Crippen molar-refractivity contribution >= 4 is 23.0 Å². The molecule has 4 rings (SSSR count). The van der Waals surface area contributed by atoms with Crippen molar-refractivity contribution in [1.29, 1.82) is 0 Å². The second-order valence-electron chi connectivity index (χ2n) is 6.63. The zero-order valence-electron chi connectivity index (χ0n) is 15.6. The Kier molecular flexibility index (Phi) is 4.47. The number of nitrogens with zero attached hydrogens (tertiary/aromatic N) is 4. The first-order valence-electron chi connectivity index (χ1n) is 8.93. The summed E-state index contributed by atoms with van der Waals surface area (Å²) in [6.45, 7) is 0.901. The number of rotatable bonds is 5. The lowest BCUT2D eigenvalue weighted by Crippen LogP contribution is -2.40. The van der Waals surface area contributed by atoms with Crippen LogP contribution >= 0.6 is 0 Å². The maximum Gasteiger partial charge on any atom is 0.332 e. The van der Waals surface area contributed by atoms with Gasteiger partial charge in [-0.2, -0.15) is 4.98 Å². The number of hydrogen-bond donors (Lipinski definition) is 3. The van der Waals surface area contributed by atoms with E-state index in [0.29, 0.717) is 17.4 Å². The van der Waals surface area contributed by atoms with E-state index >= 15 is 0 Å². The third-order valence-corrected chi connectivity index (χ3v) is 4.89. The molecule has 2 aromatic heterocycles. The number of H-pyrrole nitrogens is 1. The van der Waals surface area contributed by atoms with Crippen molar-refractivity contribution in [1.82, 2.24) is 24.8 Å². The molecule has 10 heteroatoms. The molecule has 3 heterocycles. The summed E-state index contributed by atoms with van der Waals surface area (Å²) >= 11 is 0.